The normalized spacial score (nSPS) is 12.0. The molecule has 7 nitrogen and oxygen atoms in total. The fourth-order valence-corrected chi connectivity index (χ4v) is 5.66. The highest BCUT2D eigenvalue weighted by atomic mass is 79.9. The number of nitrogens with zero attached hydrogens (tertiary/aromatic N) is 2. The lowest BCUT2D eigenvalue weighted by Crippen LogP contribution is -2.52. The van der Waals surface area contributed by atoms with Gasteiger partial charge in [0.25, 0.3) is 10.0 Å². The number of benzene rings is 3. The van der Waals surface area contributed by atoms with Crippen molar-refractivity contribution in [3.63, 3.8) is 0 Å². The molecule has 0 saturated carbocycles. The maximum atomic E-state index is 13.9. The van der Waals surface area contributed by atoms with Crippen LogP contribution in [0.5, 0.6) is 0 Å². The Morgan fingerprint density at radius 3 is 2.11 bits per heavy atom. The largest absolute Gasteiger partial charge is 0.355 e. The van der Waals surface area contributed by atoms with Gasteiger partial charge in [-0.25, -0.2) is 8.42 Å². The second-order valence-electron chi connectivity index (χ2n) is 8.63. The van der Waals surface area contributed by atoms with Crippen LogP contribution in [0.15, 0.2) is 88.2 Å². The first-order valence-corrected chi connectivity index (χ1v) is 14.4. The van der Waals surface area contributed by atoms with Gasteiger partial charge in [-0.1, -0.05) is 70.9 Å². The highest BCUT2D eigenvalue weighted by molar-refractivity contribution is 9.10. The third kappa shape index (κ3) is 7.20. The summed E-state index contributed by atoms with van der Waals surface area (Å²) in [5.74, 6) is -0.743. The fourth-order valence-electron chi connectivity index (χ4n) is 3.96. The third-order valence-corrected chi connectivity index (χ3v) is 8.25. The summed E-state index contributed by atoms with van der Waals surface area (Å²) in [6, 6.07) is 21.7. The molecule has 0 aliphatic rings. The Balaban J connectivity index is 2.03. The highest BCUT2D eigenvalue weighted by Crippen LogP contribution is 2.26. The molecule has 0 aliphatic carbocycles. The molecule has 0 radical (unpaired) electrons. The van der Waals surface area contributed by atoms with Gasteiger partial charge in [-0.2, -0.15) is 0 Å². The van der Waals surface area contributed by atoms with Crippen LogP contribution in [0, 0.1) is 6.92 Å². The minimum atomic E-state index is -4.07. The Hall–Kier alpha value is -3.17. The predicted octanol–water partition coefficient (Wildman–Crippen LogP) is 4.90. The molecule has 0 fully saturated rings. The number of nitrogens with one attached hydrogen (secondary N) is 1. The number of sulfonamides is 1. The molecule has 3 aromatic carbocycles. The topological polar surface area (TPSA) is 86.8 Å². The molecule has 0 spiro atoms. The molecule has 0 bridgehead atoms. The Labute approximate surface area is 227 Å². The third-order valence-electron chi connectivity index (χ3n) is 5.94. The van der Waals surface area contributed by atoms with Crippen LogP contribution in [0.2, 0.25) is 0 Å². The second kappa shape index (κ2) is 12.9. The monoisotopic (exact) mass is 585 g/mol. The number of anilines is 1. The lowest BCUT2D eigenvalue weighted by molar-refractivity contribution is -0.140. The number of rotatable bonds is 11. The molecule has 196 valence electrons. The van der Waals surface area contributed by atoms with Crippen molar-refractivity contribution < 1.29 is 18.0 Å². The molecule has 37 heavy (non-hydrogen) atoms. The average Bonchev–Trinajstić information content (AvgIpc) is 2.89. The summed E-state index contributed by atoms with van der Waals surface area (Å²) in [5.41, 5.74) is 2.28. The van der Waals surface area contributed by atoms with Gasteiger partial charge in [0.2, 0.25) is 11.8 Å². The fraction of sp³-hybridized carbons (Fsp3) is 0.286. The number of hydrogen-bond acceptors (Lipinski definition) is 4. The van der Waals surface area contributed by atoms with Gasteiger partial charge in [0.1, 0.15) is 12.6 Å². The standard InChI is InChI=1S/C28H32BrN3O4S/c1-4-26(28(34)30-5-2)31(19-22-13-11-21(3)12-14-22)27(33)20-32(24-17-15-23(29)16-18-24)37(35,36)25-9-7-6-8-10-25/h6-18,26H,4-5,19-20H2,1-3H3,(H,30,34). The van der Waals surface area contributed by atoms with Crippen molar-refractivity contribution in [1.29, 1.82) is 0 Å². The van der Waals surface area contributed by atoms with Crippen molar-refractivity contribution in [2.24, 2.45) is 0 Å². The van der Waals surface area contributed by atoms with Crippen LogP contribution in [0.25, 0.3) is 0 Å². The zero-order valence-electron chi connectivity index (χ0n) is 21.2. The molecule has 1 N–H and O–H groups in total. The summed E-state index contributed by atoms with van der Waals surface area (Å²) in [6.45, 7) is 5.77. The summed E-state index contributed by atoms with van der Waals surface area (Å²) in [4.78, 5) is 28.4. The van der Waals surface area contributed by atoms with E-state index in [0.29, 0.717) is 18.7 Å². The lowest BCUT2D eigenvalue weighted by atomic mass is 10.1. The molecular weight excluding hydrogens is 554 g/mol. The smallest absolute Gasteiger partial charge is 0.264 e. The first kappa shape index (κ1) is 28.4. The van der Waals surface area contributed by atoms with E-state index in [0.717, 1.165) is 19.9 Å². The van der Waals surface area contributed by atoms with E-state index >= 15 is 0 Å². The maximum absolute atomic E-state index is 13.9. The van der Waals surface area contributed by atoms with Gasteiger partial charge in [-0.15, -0.1) is 0 Å². The van der Waals surface area contributed by atoms with Gasteiger partial charge in [0.15, 0.2) is 0 Å². The van der Waals surface area contributed by atoms with Crippen LogP contribution in [0.4, 0.5) is 5.69 Å². The van der Waals surface area contributed by atoms with Crippen LogP contribution in [0.1, 0.15) is 31.4 Å². The van der Waals surface area contributed by atoms with Crippen LogP contribution in [-0.2, 0) is 26.2 Å². The number of carbonyl (C=O) groups excluding carboxylic acids is 2. The summed E-state index contributed by atoms with van der Waals surface area (Å²) in [7, 11) is -4.07. The first-order chi connectivity index (χ1) is 17.7. The molecule has 3 aromatic rings. The summed E-state index contributed by atoms with van der Waals surface area (Å²) >= 11 is 3.38. The van der Waals surface area contributed by atoms with Crippen LogP contribution in [-0.4, -0.2) is 44.3 Å². The molecule has 1 atom stereocenters. The molecule has 9 heteroatoms. The molecule has 3 rings (SSSR count). The molecule has 0 aliphatic heterocycles. The number of halogens is 1. The first-order valence-electron chi connectivity index (χ1n) is 12.1. The zero-order valence-corrected chi connectivity index (χ0v) is 23.6. The van der Waals surface area contributed by atoms with E-state index in [1.807, 2.05) is 45.0 Å². The minimum absolute atomic E-state index is 0.0755. The number of hydrogen-bond donors (Lipinski definition) is 1. The van der Waals surface area contributed by atoms with Gasteiger partial charge < -0.3 is 10.2 Å². The molecule has 2 amide bonds. The van der Waals surface area contributed by atoms with Crippen LogP contribution >= 0.6 is 15.9 Å². The Kier molecular flexibility index (Phi) is 9.88. The SMILES string of the molecule is CCNC(=O)C(CC)N(Cc1ccc(C)cc1)C(=O)CN(c1ccc(Br)cc1)S(=O)(=O)c1ccccc1. The Bertz CT molecular complexity index is 1300. The van der Waals surface area contributed by atoms with Crippen LogP contribution in [0.3, 0.4) is 0 Å². The molecule has 0 heterocycles. The van der Waals surface area contributed by atoms with Gasteiger partial charge in [0.05, 0.1) is 10.6 Å². The lowest BCUT2D eigenvalue weighted by Gasteiger charge is -2.33. The van der Waals surface area contributed by atoms with Gasteiger partial charge in [0, 0.05) is 17.6 Å². The van der Waals surface area contributed by atoms with E-state index in [4.69, 9.17) is 0 Å². The van der Waals surface area contributed by atoms with Gasteiger partial charge >= 0.3 is 0 Å². The van der Waals surface area contributed by atoms with E-state index in [1.54, 1.807) is 42.5 Å². The van der Waals surface area contributed by atoms with Crippen molar-refractivity contribution >= 4 is 43.5 Å². The number of aryl methyl sites for hydroxylation is 1. The van der Waals surface area contributed by atoms with E-state index in [2.05, 4.69) is 21.2 Å². The number of amides is 2. The average molecular weight is 587 g/mol. The Morgan fingerprint density at radius 1 is 0.919 bits per heavy atom. The number of likely N-dealkylation sites (N-methyl/N-ethyl adjacent to an activating group) is 1. The second-order valence-corrected chi connectivity index (χ2v) is 11.4. The number of carbonyl (C=O) groups is 2. The Morgan fingerprint density at radius 2 is 1.54 bits per heavy atom. The molecular formula is C28H32BrN3O4S. The molecule has 0 saturated heterocycles. The van der Waals surface area contributed by atoms with E-state index in [1.165, 1.54) is 17.0 Å². The predicted molar refractivity (Wildman–Crippen MR) is 150 cm³/mol. The van der Waals surface area contributed by atoms with Crippen molar-refractivity contribution in [1.82, 2.24) is 10.2 Å². The molecule has 0 aromatic heterocycles. The summed E-state index contributed by atoms with van der Waals surface area (Å²) < 4.78 is 29.3. The quantitative estimate of drug-likeness (QED) is 0.347. The van der Waals surface area contributed by atoms with E-state index < -0.39 is 28.5 Å². The summed E-state index contributed by atoms with van der Waals surface area (Å²) in [6.07, 6.45) is 0.382. The maximum Gasteiger partial charge on any atom is 0.264 e. The van der Waals surface area contributed by atoms with E-state index in [-0.39, 0.29) is 17.3 Å². The molecule has 1 unspecified atom stereocenters. The van der Waals surface area contributed by atoms with E-state index in [9.17, 15) is 18.0 Å². The van der Waals surface area contributed by atoms with Crippen molar-refractivity contribution in [3.05, 3.63) is 94.5 Å². The highest BCUT2D eigenvalue weighted by Gasteiger charge is 2.33. The van der Waals surface area contributed by atoms with Crippen LogP contribution < -0.4 is 9.62 Å². The minimum Gasteiger partial charge on any atom is -0.355 e. The van der Waals surface area contributed by atoms with Gasteiger partial charge in [-0.05, 0) is 62.2 Å². The van der Waals surface area contributed by atoms with Gasteiger partial charge in [-0.3, -0.25) is 13.9 Å². The van der Waals surface area contributed by atoms with Crippen molar-refractivity contribution in [2.75, 3.05) is 17.4 Å². The zero-order chi connectivity index (χ0) is 27.0. The van der Waals surface area contributed by atoms with Crippen molar-refractivity contribution in [2.45, 2.75) is 44.7 Å². The summed E-state index contributed by atoms with van der Waals surface area (Å²) in [5, 5.41) is 2.80. The van der Waals surface area contributed by atoms with Crippen molar-refractivity contribution in [3.8, 4) is 0 Å².